The van der Waals surface area contributed by atoms with E-state index in [4.69, 9.17) is 15.6 Å². The van der Waals surface area contributed by atoms with Gasteiger partial charge >= 0.3 is 0 Å². The van der Waals surface area contributed by atoms with Crippen molar-refractivity contribution in [2.24, 2.45) is 5.73 Å². The van der Waals surface area contributed by atoms with Gasteiger partial charge in [-0.3, -0.25) is 9.59 Å². The number of hydrogen-bond acceptors (Lipinski definition) is 4. The standard InChI is InChI=1S/C20H32N2O4/c1-14-12-15(20(2,3)4)9-10-17(14)26-11-7-5-6-8-18(24)22-16(13-23)19(21)25/h9-10,12,16,23H,5-8,11,13H2,1-4H3,(H2,21,25)(H,22,24). The molecule has 4 N–H and O–H groups in total. The number of carbonyl (C=O) groups excluding carboxylic acids is 2. The van der Waals surface area contributed by atoms with Gasteiger partial charge in [-0.25, -0.2) is 0 Å². The van der Waals surface area contributed by atoms with E-state index in [0.29, 0.717) is 19.4 Å². The van der Waals surface area contributed by atoms with Gasteiger partial charge in [0.1, 0.15) is 11.8 Å². The molecule has 1 atom stereocenters. The molecule has 6 heteroatoms. The fraction of sp³-hybridized carbons (Fsp3) is 0.600. The Morgan fingerprint density at radius 1 is 1.23 bits per heavy atom. The Morgan fingerprint density at radius 2 is 1.92 bits per heavy atom. The summed E-state index contributed by atoms with van der Waals surface area (Å²) in [7, 11) is 0. The van der Waals surface area contributed by atoms with Gasteiger partial charge in [0, 0.05) is 6.42 Å². The Hall–Kier alpha value is -2.08. The average molecular weight is 364 g/mol. The van der Waals surface area contributed by atoms with Gasteiger partial charge in [-0.15, -0.1) is 0 Å². The molecule has 6 nitrogen and oxygen atoms in total. The molecule has 146 valence electrons. The number of nitrogens with two attached hydrogens (primary N) is 1. The minimum Gasteiger partial charge on any atom is -0.493 e. The topological polar surface area (TPSA) is 102 Å². The molecular formula is C20H32N2O4. The molecule has 0 saturated carbocycles. The van der Waals surface area contributed by atoms with Crippen LogP contribution >= 0.6 is 0 Å². The normalized spacial score (nSPS) is 12.5. The van der Waals surface area contributed by atoms with Gasteiger partial charge in [-0.1, -0.05) is 32.9 Å². The molecule has 0 heterocycles. The van der Waals surface area contributed by atoms with Crippen LogP contribution in [0.15, 0.2) is 18.2 Å². The van der Waals surface area contributed by atoms with E-state index in [1.54, 1.807) is 0 Å². The van der Waals surface area contributed by atoms with Crippen LogP contribution in [0.5, 0.6) is 5.75 Å². The van der Waals surface area contributed by atoms with Crippen LogP contribution in [0, 0.1) is 6.92 Å². The average Bonchev–Trinajstić information content (AvgIpc) is 2.55. The maximum Gasteiger partial charge on any atom is 0.242 e. The molecule has 0 aliphatic carbocycles. The van der Waals surface area contributed by atoms with Gasteiger partial charge in [0.15, 0.2) is 0 Å². The fourth-order valence-electron chi connectivity index (χ4n) is 2.50. The lowest BCUT2D eigenvalue weighted by Gasteiger charge is -2.20. The zero-order chi connectivity index (χ0) is 19.7. The van der Waals surface area contributed by atoms with Crippen molar-refractivity contribution in [3.8, 4) is 5.75 Å². The molecular weight excluding hydrogens is 332 g/mol. The van der Waals surface area contributed by atoms with Crippen LogP contribution in [-0.2, 0) is 15.0 Å². The van der Waals surface area contributed by atoms with Gasteiger partial charge in [0.05, 0.1) is 13.2 Å². The van der Waals surface area contributed by atoms with Crippen molar-refractivity contribution in [1.29, 1.82) is 0 Å². The smallest absolute Gasteiger partial charge is 0.242 e. The summed E-state index contributed by atoms with van der Waals surface area (Å²) in [5.41, 5.74) is 7.58. The second-order valence-corrected chi connectivity index (χ2v) is 7.59. The van der Waals surface area contributed by atoms with Gasteiger partial charge in [0.2, 0.25) is 11.8 Å². The third kappa shape index (κ3) is 7.44. The molecule has 0 spiro atoms. The lowest BCUT2D eigenvalue weighted by molar-refractivity contribution is -0.128. The monoisotopic (exact) mass is 364 g/mol. The molecule has 0 saturated heterocycles. The minimum atomic E-state index is -1.01. The number of unbranched alkanes of at least 4 members (excludes halogenated alkanes) is 2. The van der Waals surface area contributed by atoms with E-state index in [2.05, 4.69) is 38.2 Å². The zero-order valence-corrected chi connectivity index (χ0v) is 16.3. The molecule has 1 aromatic rings. The first kappa shape index (κ1) is 22.0. The molecule has 0 radical (unpaired) electrons. The van der Waals surface area contributed by atoms with Crippen molar-refractivity contribution in [3.05, 3.63) is 29.3 Å². The number of benzene rings is 1. The van der Waals surface area contributed by atoms with E-state index >= 15 is 0 Å². The highest BCUT2D eigenvalue weighted by atomic mass is 16.5. The predicted octanol–water partition coefficient (Wildman–Crippen LogP) is 2.19. The Bertz CT molecular complexity index is 608. The number of amides is 2. The second-order valence-electron chi connectivity index (χ2n) is 7.59. The lowest BCUT2D eigenvalue weighted by atomic mass is 9.86. The van der Waals surface area contributed by atoms with E-state index in [1.807, 2.05) is 13.0 Å². The molecule has 0 fully saturated rings. The summed E-state index contributed by atoms with van der Waals surface area (Å²) >= 11 is 0. The van der Waals surface area contributed by atoms with Crippen LogP contribution in [0.4, 0.5) is 0 Å². The number of ether oxygens (including phenoxy) is 1. The van der Waals surface area contributed by atoms with Crippen molar-refractivity contribution < 1.29 is 19.4 Å². The van der Waals surface area contributed by atoms with E-state index in [1.165, 1.54) is 5.56 Å². The third-order valence-electron chi connectivity index (χ3n) is 4.21. The van der Waals surface area contributed by atoms with Crippen LogP contribution in [0.3, 0.4) is 0 Å². The van der Waals surface area contributed by atoms with Crippen LogP contribution < -0.4 is 15.8 Å². The number of rotatable bonds is 10. The number of aliphatic hydroxyl groups excluding tert-OH is 1. The molecule has 0 aromatic heterocycles. The first-order chi connectivity index (χ1) is 12.1. The SMILES string of the molecule is Cc1cc(C(C)(C)C)ccc1OCCCCCC(=O)NC(CO)C(N)=O. The number of aryl methyl sites for hydroxylation is 1. The van der Waals surface area contributed by atoms with Crippen molar-refractivity contribution in [3.63, 3.8) is 0 Å². The molecule has 26 heavy (non-hydrogen) atoms. The predicted molar refractivity (Wildman–Crippen MR) is 102 cm³/mol. The van der Waals surface area contributed by atoms with E-state index in [9.17, 15) is 9.59 Å². The highest BCUT2D eigenvalue weighted by Crippen LogP contribution is 2.27. The highest BCUT2D eigenvalue weighted by Gasteiger charge is 2.16. The van der Waals surface area contributed by atoms with E-state index in [0.717, 1.165) is 24.2 Å². The molecule has 2 amide bonds. The van der Waals surface area contributed by atoms with Gasteiger partial charge in [-0.2, -0.15) is 0 Å². The van der Waals surface area contributed by atoms with Crippen LogP contribution in [0.1, 0.15) is 57.6 Å². The van der Waals surface area contributed by atoms with Crippen molar-refractivity contribution >= 4 is 11.8 Å². The van der Waals surface area contributed by atoms with Gasteiger partial charge in [-0.05, 0) is 48.8 Å². The summed E-state index contributed by atoms with van der Waals surface area (Å²) in [4.78, 5) is 22.6. The molecule has 1 unspecified atom stereocenters. The summed E-state index contributed by atoms with van der Waals surface area (Å²) in [6.07, 6.45) is 2.66. The summed E-state index contributed by atoms with van der Waals surface area (Å²) in [6.45, 7) is 8.71. The highest BCUT2D eigenvalue weighted by molar-refractivity contribution is 5.86. The van der Waals surface area contributed by atoms with E-state index in [-0.39, 0.29) is 11.3 Å². The second kappa shape index (κ2) is 10.2. The largest absolute Gasteiger partial charge is 0.493 e. The molecule has 1 rings (SSSR count). The van der Waals surface area contributed by atoms with Crippen molar-refractivity contribution in [1.82, 2.24) is 5.32 Å². The van der Waals surface area contributed by atoms with Crippen LogP contribution in [0.2, 0.25) is 0 Å². The first-order valence-corrected chi connectivity index (χ1v) is 9.08. The maximum absolute atomic E-state index is 11.7. The van der Waals surface area contributed by atoms with Gasteiger partial charge < -0.3 is 20.9 Å². The Morgan fingerprint density at radius 3 is 2.46 bits per heavy atom. The zero-order valence-electron chi connectivity index (χ0n) is 16.3. The fourth-order valence-corrected chi connectivity index (χ4v) is 2.50. The minimum absolute atomic E-state index is 0.118. The maximum atomic E-state index is 11.7. The van der Waals surface area contributed by atoms with Crippen LogP contribution in [-0.4, -0.2) is 36.2 Å². The van der Waals surface area contributed by atoms with Crippen molar-refractivity contribution in [2.45, 2.75) is 64.8 Å². The Balaban J connectivity index is 2.27. The van der Waals surface area contributed by atoms with Crippen LogP contribution in [0.25, 0.3) is 0 Å². The molecule has 0 aliphatic rings. The number of aliphatic hydroxyl groups is 1. The van der Waals surface area contributed by atoms with E-state index < -0.39 is 18.6 Å². The number of hydrogen-bond donors (Lipinski definition) is 3. The summed E-state index contributed by atoms with van der Waals surface area (Å²) in [5.74, 6) is -0.123. The third-order valence-corrected chi connectivity index (χ3v) is 4.21. The Labute approximate surface area is 156 Å². The number of nitrogens with one attached hydrogen (secondary N) is 1. The quantitative estimate of drug-likeness (QED) is 0.554. The number of primary amides is 1. The van der Waals surface area contributed by atoms with Gasteiger partial charge in [0.25, 0.3) is 0 Å². The molecule has 0 bridgehead atoms. The summed E-state index contributed by atoms with van der Waals surface area (Å²) in [5, 5.41) is 11.4. The lowest BCUT2D eigenvalue weighted by Crippen LogP contribution is -2.46. The summed E-state index contributed by atoms with van der Waals surface area (Å²) in [6, 6.07) is 5.27. The van der Waals surface area contributed by atoms with Crippen molar-refractivity contribution in [2.75, 3.05) is 13.2 Å². The Kier molecular flexibility index (Phi) is 8.58. The summed E-state index contributed by atoms with van der Waals surface area (Å²) < 4.78 is 5.83. The molecule has 1 aromatic carbocycles. The molecule has 0 aliphatic heterocycles. The first-order valence-electron chi connectivity index (χ1n) is 9.08. The number of carbonyl (C=O) groups is 2.